The maximum Gasteiger partial charge on any atom is 0.256 e. The third kappa shape index (κ3) is 6.69. The van der Waals surface area contributed by atoms with Gasteiger partial charge in [-0.05, 0) is 81.2 Å². The van der Waals surface area contributed by atoms with Gasteiger partial charge in [-0.3, -0.25) is 19.5 Å². The van der Waals surface area contributed by atoms with Crippen molar-refractivity contribution in [2.75, 3.05) is 6.54 Å². The maximum atomic E-state index is 13.8. The fourth-order valence-corrected chi connectivity index (χ4v) is 7.32. The first-order valence-corrected chi connectivity index (χ1v) is 15.2. The lowest BCUT2D eigenvalue weighted by atomic mass is 9.90. The molecule has 5 rings (SSSR count). The summed E-state index contributed by atoms with van der Waals surface area (Å²) in [4.78, 5) is 39.7. The second-order valence-electron chi connectivity index (χ2n) is 10.6. The van der Waals surface area contributed by atoms with Crippen LogP contribution in [0.1, 0.15) is 63.5 Å². The molecule has 202 valence electrons. The van der Waals surface area contributed by atoms with Crippen molar-refractivity contribution in [2.45, 2.75) is 82.7 Å². The first kappa shape index (κ1) is 27.0. The normalized spacial score (nSPS) is 23.9. The number of rotatable bonds is 8. The van der Waals surface area contributed by atoms with Crippen molar-refractivity contribution in [3.63, 3.8) is 0 Å². The van der Waals surface area contributed by atoms with E-state index in [0.717, 1.165) is 45.2 Å². The maximum absolute atomic E-state index is 13.8. The van der Waals surface area contributed by atoms with E-state index in [2.05, 4.69) is 51.8 Å². The number of carbonyl (C=O) groups is 2. The Morgan fingerprint density at radius 3 is 2.58 bits per heavy atom. The lowest BCUT2D eigenvalue weighted by Gasteiger charge is -2.43. The van der Waals surface area contributed by atoms with E-state index in [9.17, 15) is 9.59 Å². The van der Waals surface area contributed by atoms with Crippen LogP contribution in [0.3, 0.4) is 0 Å². The van der Waals surface area contributed by atoms with Crippen LogP contribution in [0.25, 0.3) is 0 Å². The molecule has 38 heavy (non-hydrogen) atoms. The minimum absolute atomic E-state index is 0.0459. The van der Waals surface area contributed by atoms with E-state index in [1.807, 2.05) is 11.3 Å². The van der Waals surface area contributed by atoms with Gasteiger partial charge in [0.25, 0.3) is 5.91 Å². The zero-order valence-corrected chi connectivity index (χ0v) is 23.6. The van der Waals surface area contributed by atoms with Gasteiger partial charge in [0, 0.05) is 64.8 Å². The molecule has 2 fully saturated rings. The van der Waals surface area contributed by atoms with E-state index in [0.29, 0.717) is 18.5 Å². The minimum Gasteiger partial charge on any atom is -0.352 e. The van der Waals surface area contributed by atoms with Gasteiger partial charge in [-0.15, -0.1) is 22.7 Å². The zero-order chi connectivity index (χ0) is 26.5. The summed E-state index contributed by atoms with van der Waals surface area (Å²) in [5.41, 5.74) is 6.62. The number of thiophene rings is 2. The molecule has 1 saturated carbocycles. The monoisotopic (exact) mass is 551 g/mol. The molecular formula is C29H37N5O2S2. The van der Waals surface area contributed by atoms with Gasteiger partial charge in [-0.2, -0.15) is 0 Å². The van der Waals surface area contributed by atoms with Crippen molar-refractivity contribution in [3.8, 4) is 0 Å². The first-order chi connectivity index (χ1) is 18.5. The van der Waals surface area contributed by atoms with Crippen molar-refractivity contribution in [1.29, 1.82) is 0 Å². The molecule has 0 radical (unpaired) electrons. The Morgan fingerprint density at radius 2 is 1.89 bits per heavy atom. The molecule has 3 aromatic heterocycles. The van der Waals surface area contributed by atoms with Crippen LogP contribution in [0.15, 0.2) is 54.2 Å². The topological polar surface area (TPSA) is 91.6 Å². The van der Waals surface area contributed by atoms with Gasteiger partial charge in [-0.1, -0.05) is 6.07 Å². The predicted molar refractivity (Wildman–Crippen MR) is 153 cm³/mol. The fraction of sp³-hybridized carbons (Fsp3) is 0.483. The van der Waals surface area contributed by atoms with Crippen molar-refractivity contribution in [2.24, 2.45) is 5.73 Å². The molecule has 1 aliphatic carbocycles. The number of aryl methyl sites for hydroxylation is 1. The van der Waals surface area contributed by atoms with Crippen molar-refractivity contribution < 1.29 is 9.59 Å². The molecule has 2 atom stereocenters. The number of aromatic nitrogens is 1. The SMILES string of the molecule is Cc1ccc(CN(Cc2cccs2)C2CCN(C(=O)c3cccnc3)[C@@H](C(=O)NC3CCC(N)CC3)C2)s1. The second kappa shape index (κ2) is 12.5. The number of hydrogen-bond acceptors (Lipinski definition) is 7. The number of likely N-dealkylation sites (tertiary alicyclic amines) is 1. The molecule has 2 amide bonds. The second-order valence-corrected chi connectivity index (χ2v) is 13.0. The highest BCUT2D eigenvalue weighted by Crippen LogP contribution is 2.29. The summed E-state index contributed by atoms with van der Waals surface area (Å²) < 4.78 is 0. The molecule has 1 aliphatic heterocycles. The Kier molecular flexibility index (Phi) is 8.89. The summed E-state index contributed by atoms with van der Waals surface area (Å²) >= 11 is 3.59. The van der Waals surface area contributed by atoms with Crippen LogP contribution in [-0.4, -0.2) is 57.3 Å². The van der Waals surface area contributed by atoms with Crippen molar-refractivity contribution in [1.82, 2.24) is 20.1 Å². The Balaban J connectivity index is 1.37. The third-order valence-corrected chi connectivity index (χ3v) is 9.62. The number of pyridine rings is 1. The summed E-state index contributed by atoms with van der Waals surface area (Å²) in [6.07, 6.45) is 8.31. The summed E-state index contributed by atoms with van der Waals surface area (Å²) in [5, 5.41) is 5.40. The molecular weight excluding hydrogens is 514 g/mol. The van der Waals surface area contributed by atoms with Crippen LogP contribution in [0, 0.1) is 6.92 Å². The standard InChI is InChI=1S/C29H37N5O2S2/c1-20-6-11-26(38-20)19-33(18-25-5-3-15-37-25)24-12-14-34(29(36)21-4-2-13-31-17-21)27(16-24)28(35)32-23-9-7-22(30)8-10-23/h2-6,11,13,15,17,22-24,27H,7-10,12,14,16,18-19,30H2,1H3,(H,32,35)/t22?,23?,24?,27-/m1/s1. The zero-order valence-electron chi connectivity index (χ0n) is 21.9. The molecule has 0 bridgehead atoms. The molecule has 9 heteroatoms. The summed E-state index contributed by atoms with van der Waals surface area (Å²) in [5.74, 6) is -0.170. The van der Waals surface area contributed by atoms with Crippen molar-refractivity contribution >= 4 is 34.5 Å². The summed E-state index contributed by atoms with van der Waals surface area (Å²) in [6.45, 7) is 4.35. The van der Waals surface area contributed by atoms with Crippen LogP contribution in [0.4, 0.5) is 0 Å². The van der Waals surface area contributed by atoms with E-state index in [-0.39, 0.29) is 29.9 Å². The molecule has 3 N–H and O–H groups in total. The molecule has 1 saturated heterocycles. The highest BCUT2D eigenvalue weighted by atomic mass is 32.1. The molecule has 1 unspecified atom stereocenters. The van der Waals surface area contributed by atoms with Crippen LogP contribution in [0.2, 0.25) is 0 Å². The quantitative estimate of drug-likeness (QED) is 0.428. The summed E-state index contributed by atoms with van der Waals surface area (Å²) in [6, 6.07) is 12.2. The molecule has 4 heterocycles. The number of nitrogens with one attached hydrogen (secondary N) is 1. The van der Waals surface area contributed by atoms with Gasteiger partial charge in [0.1, 0.15) is 6.04 Å². The first-order valence-electron chi connectivity index (χ1n) is 13.5. The Morgan fingerprint density at radius 1 is 1.08 bits per heavy atom. The number of nitrogens with two attached hydrogens (primary N) is 1. The lowest BCUT2D eigenvalue weighted by molar-refractivity contribution is -0.128. The predicted octanol–water partition coefficient (Wildman–Crippen LogP) is 4.57. The molecule has 2 aliphatic rings. The number of piperidine rings is 1. The minimum atomic E-state index is -0.520. The highest BCUT2D eigenvalue weighted by Gasteiger charge is 2.39. The van der Waals surface area contributed by atoms with Gasteiger partial charge in [0.15, 0.2) is 0 Å². The number of hydrogen-bond donors (Lipinski definition) is 2. The molecule has 3 aromatic rings. The van der Waals surface area contributed by atoms with Crippen LogP contribution in [-0.2, 0) is 17.9 Å². The van der Waals surface area contributed by atoms with E-state index in [1.165, 1.54) is 14.6 Å². The van der Waals surface area contributed by atoms with Crippen LogP contribution >= 0.6 is 22.7 Å². The Labute approximate surface area is 233 Å². The van der Waals surface area contributed by atoms with E-state index in [1.54, 1.807) is 40.8 Å². The molecule has 7 nitrogen and oxygen atoms in total. The Bertz CT molecular complexity index is 1190. The number of nitrogens with zero attached hydrogens (tertiary/aromatic N) is 3. The van der Waals surface area contributed by atoms with Gasteiger partial charge in [0.05, 0.1) is 5.56 Å². The highest BCUT2D eigenvalue weighted by molar-refractivity contribution is 7.11. The van der Waals surface area contributed by atoms with Gasteiger partial charge in [0.2, 0.25) is 5.91 Å². The Hall–Kier alpha value is -2.59. The van der Waals surface area contributed by atoms with Gasteiger partial charge in [-0.25, -0.2) is 0 Å². The van der Waals surface area contributed by atoms with E-state index < -0.39 is 6.04 Å². The fourth-order valence-electron chi connectivity index (χ4n) is 5.67. The molecule has 0 spiro atoms. The number of amides is 2. The smallest absolute Gasteiger partial charge is 0.256 e. The average molecular weight is 552 g/mol. The van der Waals surface area contributed by atoms with Crippen LogP contribution < -0.4 is 11.1 Å². The van der Waals surface area contributed by atoms with Gasteiger partial charge < -0.3 is 16.0 Å². The van der Waals surface area contributed by atoms with Crippen molar-refractivity contribution in [3.05, 3.63) is 74.4 Å². The van der Waals surface area contributed by atoms with E-state index in [4.69, 9.17) is 5.73 Å². The third-order valence-electron chi connectivity index (χ3n) is 7.78. The number of carbonyl (C=O) groups excluding carboxylic acids is 2. The van der Waals surface area contributed by atoms with Crippen LogP contribution in [0.5, 0.6) is 0 Å². The average Bonchev–Trinajstić information content (AvgIpc) is 3.61. The summed E-state index contributed by atoms with van der Waals surface area (Å²) in [7, 11) is 0. The van der Waals surface area contributed by atoms with Gasteiger partial charge >= 0.3 is 0 Å². The largest absolute Gasteiger partial charge is 0.352 e. The lowest BCUT2D eigenvalue weighted by Crippen LogP contribution is -2.58. The molecule has 0 aromatic carbocycles. The van der Waals surface area contributed by atoms with E-state index >= 15 is 0 Å².